The summed E-state index contributed by atoms with van der Waals surface area (Å²) in [5.41, 5.74) is 8.36. The van der Waals surface area contributed by atoms with Crippen LogP contribution in [0.3, 0.4) is 0 Å². The maximum Gasteiger partial charge on any atom is 0.255 e. The molecule has 0 saturated heterocycles. The van der Waals surface area contributed by atoms with Crippen LogP contribution in [0.5, 0.6) is 0 Å². The van der Waals surface area contributed by atoms with Crippen LogP contribution in [-0.2, 0) is 0 Å². The Hall–Kier alpha value is -1.55. The molecule has 0 atom stereocenters. The zero-order valence-corrected chi connectivity index (χ0v) is 12.9. The summed E-state index contributed by atoms with van der Waals surface area (Å²) in [6, 6.07) is 5.61. The van der Waals surface area contributed by atoms with Gasteiger partial charge in [0.25, 0.3) is 5.91 Å². The lowest BCUT2D eigenvalue weighted by Crippen LogP contribution is -2.57. The lowest BCUT2D eigenvalue weighted by molar-refractivity contribution is 0.0253. The quantitative estimate of drug-likeness (QED) is 0.856. The van der Waals surface area contributed by atoms with Crippen molar-refractivity contribution in [3.63, 3.8) is 0 Å². The number of likely N-dealkylation sites (N-methyl/N-ethyl adjacent to an activating group) is 2. The Morgan fingerprint density at radius 3 is 2.40 bits per heavy atom. The van der Waals surface area contributed by atoms with Crippen molar-refractivity contribution in [3.05, 3.63) is 29.3 Å². The van der Waals surface area contributed by atoms with Crippen LogP contribution in [0.4, 0.5) is 5.69 Å². The minimum atomic E-state index is 0.00984. The smallest absolute Gasteiger partial charge is 0.255 e. The molecule has 1 aromatic rings. The van der Waals surface area contributed by atoms with Crippen LogP contribution in [0.25, 0.3) is 0 Å². The van der Waals surface area contributed by atoms with Gasteiger partial charge in [-0.25, -0.2) is 0 Å². The van der Waals surface area contributed by atoms with Gasteiger partial charge in [0.15, 0.2) is 0 Å². The van der Waals surface area contributed by atoms with Crippen molar-refractivity contribution >= 4 is 11.6 Å². The van der Waals surface area contributed by atoms with Gasteiger partial charge in [-0.15, -0.1) is 0 Å². The summed E-state index contributed by atoms with van der Waals surface area (Å²) in [6.07, 6.45) is 3.55. The van der Waals surface area contributed by atoms with Crippen molar-refractivity contribution in [3.8, 4) is 0 Å². The number of nitrogens with zero attached hydrogens (tertiary/aromatic N) is 2. The number of hydrogen-bond donors (Lipinski definition) is 1. The van der Waals surface area contributed by atoms with Gasteiger partial charge in [-0.1, -0.05) is 6.07 Å². The SMILES string of the molecule is Cc1ccc(C(=O)N(C)CC2(N(C)C)CCC2)c(N)c1. The number of nitrogen functional groups attached to an aromatic ring is 1. The highest BCUT2D eigenvalue weighted by Crippen LogP contribution is 2.36. The van der Waals surface area contributed by atoms with E-state index < -0.39 is 0 Å². The molecular weight excluding hydrogens is 250 g/mol. The Balaban J connectivity index is 2.12. The molecule has 0 aliphatic heterocycles. The van der Waals surface area contributed by atoms with Crippen molar-refractivity contribution in [2.24, 2.45) is 0 Å². The minimum Gasteiger partial charge on any atom is -0.398 e. The summed E-state index contributed by atoms with van der Waals surface area (Å²) < 4.78 is 0. The van der Waals surface area contributed by atoms with Crippen LogP contribution in [-0.4, -0.2) is 48.9 Å². The Labute approximate surface area is 121 Å². The molecule has 1 aliphatic rings. The third-order valence-electron chi connectivity index (χ3n) is 4.55. The highest BCUT2D eigenvalue weighted by atomic mass is 16.2. The molecule has 1 aromatic carbocycles. The molecule has 0 unspecified atom stereocenters. The zero-order chi connectivity index (χ0) is 14.9. The van der Waals surface area contributed by atoms with Gasteiger partial charge in [-0.3, -0.25) is 4.79 Å². The summed E-state index contributed by atoms with van der Waals surface area (Å²) in [6.45, 7) is 2.73. The number of benzene rings is 1. The number of aryl methyl sites for hydroxylation is 1. The molecule has 110 valence electrons. The molecule has 2 rings (SSSR count). The second kappa shape index (κ2) is 5.44. The molecular formula is C16H25N3O. The van der Waals surface area contributed by atoms with Gasteiger partial charge in [0.1, 0.15) is 0 Å². The second-order valence-electron chi connectivity index (χ2n) is 6.22. The third kappa shape index (κ3) is 2.66. The molecule has 1 aliphatic carbocycles. The van der Waals surface area contributed by atoms with E-state index in [-0.39, 0.29) is 11.4 Å². The molecule has 20 heavy (non-hydrogen) atoms. The molecule has 0 heterocycles. The van der Waals surface area contributed by atoms with Crippen LogP contribution in [0.1, 0.15) is 35.2 Å². The third-order valence-corrected chi connectivity index (χ3v) is 4.55. The first kappa shape index (κ1) is 14.9. The molecule has 0 aromatic heterocycles. The fourth-order valence-electron chi connectivity index (χ4n) is 2.93. The van der Waals surface area contributed by atoms with Gasteiger partial charge < -0.3 is 15.5 Å². The van der Waals surface area contributed by atoms with Crippen molar-refractivity contribution in [1.29, 1.82) is 0 Å². The zero-order valence-electron chi connectivity index (χ0n) is 12.9. The van der Waals surface area contributed by atoms with E-state index in [4.69, 9.17) is 5.73 Å². The highest BCUT2D eigenvalue weighted by molar-refractivity contribution is 5.99. The number of hydrogen-bond acceptors (Lipinski definition) is 3. The number of nitrogens with two attached hydrogens (primary N) is 1. The Morgan fingerprint density at radius 1 is 1.30 bits per heavy atom. The maximum absolute atomic E-state index is 12.5. The summed E-state index contributed by atoms with van der Waals surface area (Å²) >= 11 is 0. The predicted molar refractivity (Wildman–Crippen MR) is 82.8 cm³/mol. The first-order valence-electron chi connectivity index (χ1n) is 7.15. The van der Waals surface area contributed by atoms with Crippen LogP contribution in [0, 0.1) is 6.92 Å². The number of carbonyl (C=O) groups is 1. The summed E-state index contributed by atoms with van der Waals surface area (Å²) in [5.74, 6) is 0.00984. The topological polar surface area (TPSA) is 49.6 Å². The average Bonchev–Trinajstić information content (AvgIpc) is 2.32. The van der Waals surface area contributed by atoms with E-state index in [1.165, 1.54) is 6.42 Å². The van der Waals surface area contributed by atoms with E-state index in [2.05, 4.69) is 19.0 Å². The first-order chi connectivity index (χ1) is 9.35. The standard InChI is InChI=1S/C16H25N3O/c1-12-6-7-13(14(17)10-12)15(20)19(4)11-16(18(2)3)8-5-9-16/h6-7,10H,5,8-9,11,17H2,1-4H3. The Morgan fingerprint density at radius 2 is 1.95 bits per heavy atom. The van der Waals surface area contributed by atoms with E-state index >= 15 is 0 Å². The summed E-state index contributed by atoms with van der Waals surface area (Å²) in [4.78, 5) is 16.6. The molecule has 1 saturated carbocycles. The van der Waals surface area contributed by atoms with Gasteiger partial charge in [-0.2, -0.15) is 0 Å². The van der Waals surface area contributed by atoms with E-state index in [9.17, 15) is 4.79 Å². The van der Waals surface area contributed by atoms with Crippen molar-refractivity contribution in [2.75, 3.05) is 33.4 Å². The maximum atomic E-state index is 12.5. The molecule has 0 spiro atoms. The number of anilines is 1. The van der Waals surface area contributed by atoms with Gasteiger partial charge in [-0.05, 0) is 58.0 Å². The van der Waals surface area contributed by atoms with Crippen molar-refractivity contribution in [1.82, 2.24) is 9.80 Å². The van der Waals surface area contributed by atoms with Crippen molar-refractivity contribution in [2.45, 2.75) is 31.7 Å². The summed E-state index contributed by atoms with van der Waals surface area (Å²) in [7, 11) is 6.06. The molecule has 1 amide bonds. The van der Waals surface area contributed by atoms with Crippen LogP contribution in [0.2, 0.25) is 0 Å². The monoisotopic (exact) mass is 275 g/mol. The largest absolute Gasteiger partial charge is 0.398 e. The van der Waals surface area contributed by atoms with Crippen LogP contribution < -0.4 is 5.73 Å². The van der Waals surface area contributed by atoms with Gasteiger partial charge in [0, 0.05) is 24.8 Å². The predicted octanol–water partition coefficient (Wildman–Crippen LogP) is 2.13. The molecule has 0 bridgehead atoms. The number of amides is 1. The fourth-order valence-corrected chi connectivity index (χ4v) is 2.93. The lowest BCUT2D eigenvalue weighted by Gasteiger charge is -2.49. The van der Waals surface area contributed by atoms with Gasteiger partial charge in [0.05, 0.1) is 5.56 Å². The normalized spacial score (nSPS) is 16.9. The van der Waals surface area contributed by atoms with E-state index in [1.807, 2.05) is 32.2 Å². The number of carbonyl (C=O) groups excluding carboxylic acids is 1. The van der Waals surface area contributed by atoms with Crippen molar-refractivity contribution < 1.29 is 4.79 Å². The van der Waals surface area contributed by atoms with E-state index in [0.717, 1.165) is 24.9 Å². The molecule has 2 N–H and O–H groups in total. The molecule has 1 fully saturated rings. The number of rotatable bonds is 4. The average molecular weight is 275 g/mol. The second-order valence-corrected chi connectivity index (χ2v) is 6.22. The minimum absolute atomic E-state index is 0.00984. The van der Waals surface area contributed by atoms with E-state index in [0.29, 0.717) is 11.3 Å². The first-order valence-corrected chi connectivity index (χ1v) is 7.15. The van der Waals surface area contributed by atoms with Gasteiger partial charge in [0.2, 0.25) is 0 Å². The van der Waals surface area contributed by atoms with E-state index in [1.54, 1.807) is 4.90 Å². The Bertz CT molecular complexity index is 506. The summed E-state index contributed by atoms with van der Waals surface area (Å²) in [5, 5.41) is 0. The molecule has 4 heteroatoms. The molecule has 0 radical (unpaired) electrons. The van der Waals surface area contributed by atoms with Crippen LogP contribution in [0.15, 0.2) is 18.2 Å². The lowest BCUT2D eigenvalue weighted by atomic mass is 9.75. The highest BCUT2D eigenvalue weighted by Gasteiger charge is 2.40. The Kier molecular flexibility index (Phi) is 4.04. The van der Waals surface area contributed by atoms with Gasteiger partial charge >= 0.3 is 0 Å². The molecule has 4 nitrogen and oxygen atoms in total. The fraction of sp³-hybridized carbons (Fsp3) is 0.562. The van der Waals surface area contributed by atoms with Crippen LogP contribution >= 0.6 is 0 Å².